The van der Waals surface area contributed by atoms with Gasteiger partial charge in [0.15, 0.2) is 0 Å². The number of aromatic nitrogens is 5. The van der Waals surface area contributed by atoms with Gasteiger partial charge in [-0.05, 0) is 32.4 Å². The van der Waals surface area contributed by atoms with Gasteiger partial charge in [0.1, 0.15) is 5.65 Å². The molecule has 0 atom stereocenters. The maximum atomic E-state index is 13.4. The van der Waals surface area contributed by atoms with Gasteiger partial charge in [0.2, 0.25) is 5.95 Å². The quantitative estimate of drug-likeness (QED) is 0.321. The van der Waals surface area contributed by atoms with Crippen molar-refractivity contribution in [1.29, 1.82) is 0 Å². The van der Waals surface area contributed by atoms with Crippen LogP contribution < -0.4 is 16.6 Å². The number of halogens is 1. The molecule has 0 saturated carbocycles. The van der Waals surface area contributed by atoms with Crippen LogP contribution in [0.15, 0.2) is 47.7 Å². The maximum absolute atomic E-state index is 13.4. The first-order chi connectivity index (χ1) is 17.0. The Morgan fingerprint density at radius 3 is 2.71 bits per heavy atom. The fourth-order valence-corrected chi connectivity index (χ4v) is 4.07. The minimum absolute atomic E-state index is 0.162. The minimum atomic E-state index is -0.162. The second-order valence-corrected chi connectivity index (χ2v) is 8.41. The van der Waals surface area contributed by atoms with Gasteiger partial charge in [-0.2, -0.15) is 4.98 Å². The van der Waals surface area contributed by atoms with Crippen molar-refractivity contribution in [3.63, 3.8) is 0 Å². The summed E-state index contributed by atoms with van der Waals surface area (Å²) in [6, 6.07) is 7.34. The number of benzene rings is 1. The zero-order chi connectivity index (χ0) is 24.8. The predicted molar refractivity (Wildman–Crippen MR) is 139 cm³/mol. The van der Waals surface area contributed by atoms with Gasteiger partial charge in [-0.15, -0.1) is 0 Å². The van der Waals surface area contributed by atoms with Crippen molar-refractivity contribution in [3.8, 4) is 22.4 Å². The van der Waals surface area contributed by atoms with Crippen molar-refractivity contribution in [2.75, 3.05) is 31.6 Å². The lowest BCUT2D eigenvalue weighted by atomic mass is 10.0. The molecule has 0 spiro atoms. The Kier molecular flexibility index (Phi) is 8.02. The van der Waals surface area contributed by atoms with E-state index >= 15 is 0 Å². The second kappa shape index (κ2) is 11.4. The van der Waals surface area contributed by atoms with Crippen LogP contribution in [-0.2, 0) is 11.3 Å². The molecule has 35 heavy (non-hydrogen) atoms. The highest BCUT2D eigenvalue weighted by Crippen LogP contribution is 2.31. The van der Waals surface area contributed by atoms with Crippen LogP contribution in [0.25, 0.3) is 33.4 Å². The van der Waals surface area contributed by atoms with Crippen molar-refractivity contribution >= 4 is 28.6 Å². The van der Waals surface area contributed by atoms with Gasteiger partial charge in [0, 0.05) is 65.7 Å². The van der Waals surface area contributed by atoms with Gasteiger partial charge < -0.3 is 15.8 Å². The largest absolute Gasteiger partial charge is 0.380 e. The van der Waals surface area contributed by atoms with Gasteiger partial charge >= 0.3 is 0 Å². The number of nitrogens with one attached hydrogen (secondary N) is 1. The molecule has 0 bridgehead atoms. The van der Waals surface area contributed by atoms with E-state index in [-0.39, 0.29) is 5.56 Å². The lowest BCUT2D eigenvalue weighted by Crippen LogP contribution is -2.22. The van der Waals surface area contributed by atoms with Crippen LogP contribution in [0.5, 0.6) is 0 Å². The Balaban J connectivity index is 1.64. The fourth-order valence-electron chi connectivity index (χ4n) is 3.79. The first-order valence-electron chi connectivity index (χ1n) is 11.5. The molecule has 0 amide bonds. The number of nitrogens with two attached hydrogens (primary N) is 1. The molecular weight excluding hydrogens is 466 g/mol. The first kappa shape index (κ1) is 24.7. The van der Waals surface area contributed by atoms with Gasteiger partial charge in [-0.3, -0.25) is 14.3 Å². The number of nitrogens with zero attached hydrogens (tertiary/aromatic N) is 5. The number of pyridine rings is 1. The summed E-state index contributed by atoms with van der Waals surface area (Å²) in [4.78, 5) is 31.1. The van der Waals surface area contributed by atoms with Gasteiger partial charge in [0.05, 0.1) is 24.2 Å². The van der Waals surface area contributed by atoms with Gasteiger partial charge in [0.25, 0.3) is 5.56 Å². The number of ether oxygens (including phenoxy) is 1. The van der Waals surface area contributed by atoms with Crippen LogP contribution in [0.3, 0.4) is 0 Å². The lowest BCUT2D eigenvalue weighted by Gasteiger charge is -2.13. The summed E-state index contributed by atoms with van der Waals surface area (Å²) in [5.74, 6) is 0.465. The molecule has 3 heterocycles. The number of anilines is 1. The molecule has 3 N–H and O–H groups in total. The summed E-state index contributed by atoms with van der Waals surface area (Å²) in [6.07, 6.45) is 5.90. The van der Waals surface area contributed by atoms with Gasteiger partial charge in [-0.25, -0.2) is 9.97 Å². The summed E-state index contributed by atoms with van der Waals surface area (Å²) in [5.41, 5.74) is 9.34. The third-order valence-corrected chi connectivity index (χ3v) is 5.78. The van der Waals surface area contributed by atoms with E-state index in [4.69, 9.17) is 22.1 Å². The SMILES string of the molecule is CCn1c(=O)c(-c2ccc(-c3cncc(C)n3)cc2Cl)cc2cnc(NCCCOCCN)nc21. The highest BCUT2D eigenvalue weighted by Gasteiger charge is 2.16. The normalized spacial score (nSPS) is 11.2. The smallest absolute Gasteiger partial charge is 0.260 e. The number of hydrogen-bond acceptors (Lipinski definition) is 8. The van der Waals surface area contributed by atoms with Crippen molar-refractivity contribution in [3.05, 3.63) is 63.9 Å². The van der Waals surface area contributed by atoms with Crippen molar-refractivity contribution < 1.29 is 4.74 Å². The van der Waals surface area contributed by atoms with E-state index in [1.807, 2.05) is 26.0 Å². The highest BCUT2D eigenvalue weighted by molar-refractivity contribution is 6.33. The van der Waals surface area contributed by atoms with Crippen LogP contribution in [0.1, 0.15) is 19.0 Å². The van der Waals surface area contributed by atoms with Crippen LogP contribution in [0.4, 0.5) is 5.95 Å². The Labute approximate surface area is 208 Å². The maximum Gasteiger partial charge on any atom is 0.260 e. The molecule has 9 nitrogen and oxygen atoms in total. The standard InChI is InChI=1S/C25H28ClN7O2/c1-3-33-23-18(14-30-25(32-23)29-8-4-9-35-10-7-27)11-20(24(33)34)19-6-5-17(12-21(19)26)22-15-28-13-16(2)31-22/h5-6,11-15H,3-4,7-10,27H2,1-2H3,(H,29,30,32). The number of aryl methyl sites for hydroxylation is 2. The van der Waals surface area contributed by atoms with E-state index < -0.39 is 0 Å². The first-order valence-corrected chi connectivity index (χ1v) is 11.9. The van der Waals surface area contributed by atoms with Gasteiger partial charge in [-0.1, -0.05) is 23.7 Å². The molecule has 4 rings (SSSR count). The zero-order valence-corrected chi connectivity index (χ0v) is 20.5. The van der Waals surface area contributed by atoms with E-state index in [9.17, 15) is 4.79 Å². The molecule has 182 valence electrons. The Morgan fingerprint density at radius 2 is 1.97 bits per heavy atom. The van der Waals surface area contributed by atoms with E-state index in [0.29, 0.717) is 60.6 Å². The molecule has 3 aromatic heterocycles. The summed E-state index contributed by atoms with van der Waals surface area (Å²) >= 11 is 6.65. The van der Waals surface area contributed by atoms with Crippen molar-refractivity contribution in [2.45, 2.75) is 26.8 Å². The summed E-state index contributed by atoms with van der Waals surface area (Å²) in [5, 5.41) is 4.40. The summed E-state index contributed by atoms with van der Waals surface area (Å²) in [6.45, 7) is 6.57. The summed E-state index contributed by atoms with van der Waals surface area (Å²) in [7, 11) is 0. The molecule has 0 aliphatic rings. The fraction of sp³-hybridized carbons (Fsp3) is 0.320. The van der Waals surface area contributed by atoms with Crippen molar-refractivity contribution in [1.82, 2.24) is 24.5 Å². The molecule has 10 heteroatoms. The van der Waals surface area contributed by atoms with E-state index in [1.54, 1.807) is 35.3 Å². The molecular formula is C25H28ClN7O2. The van der Waals surface area contributed by atoms with E-state index in [1.165, 1.54) is 0 Å². The van der Waals surface area contributed by atoms with Crippen LogP contribution >= 0.6 is 11.6 Å². The van der Waals surface area contributed by atoms with Crippen LogP contribution in [-0.4, -0.2) is 50.8 Å². The number of fused-ring (bicyclic) bond motifs is 1. The number of rotatable bonds is 10. The second-order valence-electron chi connectivity index (χ2n) is 8.00. The predicted octanol–water partition coefficient (Wildman–Crippen LogP) is 3.67. The molecule has 0 radical (unpaired) electrons. The molecule has 0 saturated heterocycles. The molecule has 0 aliphatic heterocycles. The third-order valence-electron chi connectivity index (χ3n) is 5.46. The minimum Gasteiger partial charge on any atom is -0.380 e. The molecule has 0 unspecified atom stereocenters. The van der Waals surface area contributed by atoms with E-state index in [2.05, 4.69) is 25.3 Å². The monoisotopic (exact) mass is 493 g/mol. The van der Waals surface area contributed by atoms with Crippen LogP contribution in [0.2, 0.25) is 5.02 Å². The zero-order valence-electron chi connectivity index (χ0n) is 19.8. The highest BCUT2D eigenvalue weighted by atomic mass is 35.5. The average molecular weight is 494 g/mol. The third kappa shape index (κ3) is 5.64. The summed E-state index contributed by atoms with van der Waals surface area (Å²) < 4.78 is 7.01. The molecule has 4 aromatic rings. The lowest BCUT2D eigenvalue weighted by molar-refractivity contribution is 0.141. The molecule has 1 aromatic carbocycles. The Hall–Kier alpha value is -3.40. The number of hydrogen-bond donors (Lipinski definition) is 2. The van der Waals surface area contributed by atoms with Crippen LogP contribution in [0, 0.1) is 6.92 Å². The molecule has 0 fully saturated rings. The molecule has 0 aliphatic carbocycles. The Morgan fingerprint density at radius 1 is 1.11 bits per heavy atom. The topological polar surface area (TPSA) is 121 Å². The average Bonchev–Trinajstić information content (AvgIpc) is 2.86. The van der Waals surface area contributed by atoms with Crippen molar-refractivity contribution in [2.24, 2.45) is 5.73 Å². The Bertz CT molecular complexity index is 1390. The van der Waals surface area contributed by atoms with E-state index in [0.717, 1.165) is 28.8 Å².